The van der Waals surface area contributed by atoms with Crippen molar-refractivity contribution in [1.82, 2.24) is 14.7 Å². The van der Waals surface area contributed by atoms with Gasteiger partial charge in [0.2, 0.25) is 5.91 Å². The Kier molecular flexibility index (Phi) is 4.38. The van der Waals surface area contributed by atoms with Gasteiger partial charge >= 0.3 is 5.97 Å². The van der Waals surface area contributed by atoms with Crippen molar-refractivity contribution in [2.75, 3.05) is 6.54 Å². The number of carboxylic acids is 1. The molecule has 1 aliphatic rings. The van der Waals surface area contributed by atoms with Crippen LogP contribution in [-0.2, 0) is 16.0 Å². The lowest BCUT2D eigenvalue weighted by Gasteiger charge is -2.20. The van der Waals surface area contributed by atoms with Crippen LogP contribution in [0.2, 0.25) is 0 Å². The number of carboxylic acid groups (broad SMARTS) is 1. The van der Waals surface area contributed by atoms with Crippen LogP contribution in [0.3, 0.4) is 0 Å². The van der Waals surface area contributed by atoms with Crippen molar-refractivity contribution in [3.05, 3.63) is 47.3 Å². The molecule has 0 aliphatic heterocycles. The van der Waals surface area contributed by atoms with E-state index in [1.54, 1.807) is 0 Å². The maximum absolute atomic E-state index is 12.6. The van der Waals surface area contributed by atoms with Crippen LogP contribution in [0.4, 0.5) is 0 Å². The number of carbonyl (C=O) groups excluding carboxylic acids is 1. The summed E-state index contributed by atoms with van der Waals surface area (Å²) in [7, 11) is 0. The monoisotopic (exact) mass is 327 g/mol. The van der Waals surface area contributed by atoms with Gasteiger partial charge in [-0.05, 0) is 38.8 Å². The van der Waals surface area contributed by atoms with Gasteiger partial charge in [-0.3, -0.25) is 9.59 Å². The quantitative estimate of drug-likeness (QED) is 0.882. The number of para-hydroxylation sites is 1. The Morgan fingerprint density at radius 2 is 1.92 bits per heavy atom. The Bertz CT molecular complexity index is 763. The van der Waals surface area contributed by atoms with E-state index in [9.17, 15) is 9.59 Å². The second kappa shape index (κ2) is 6.47. The molecule has 0 spiro atoms. The van der Waals surface area contributed by atoms with Crippen molar-refractivity contribution in [1.29, 1.82) is 0 Å². The molecule has 1 heterocycles. The van der Waals surface area contributed by atoms with Gasteiger partial charge in [0.1, 0.15) is 6.54 Å². The van der Waals surface area contributed by atoms with E-state index < -0.39 is 5.97 Å². The van der Waals surface area contributed by atoms with E-state index in [-0.39, 0.29) is 24.9 Å². The lowest BCUT2D eigenvalue weighted by Crippen LogP contribution is -2.38. The average molecular weight is 327 g/mol. The zero-order valence-electron chi connectivity index (χ0n) is 13.9. The topological polar surface area (TPSA) is 75.4 Å². The lowest BCUT2D eigenvalue weighted by molar-refractivity contribution is -0.144. The molecule has 3 rings (SSSR count). The molecule has 6 nitrogen and oxygen atoms in total. The minimum atomic E-state index is -0.969. The summed E-state index contributed by atoms with van der Waals surface area (Å²) < 4.78 is 1.83. The van der Waals surface area contributed by atoms with E-state index in [1.807, 2.05) is 48.9 Å². The molecular formula is C18H21N3O3. The number of rotatable bonds is 6. The summed E-state index contributed by atoms with van der Waals surface area (Å²) in [6.45, 7) is 3.59. The van der Waals surface area contributed by atoms with Crippen LogP contribution in [0.25, 0.3) is 5.69 Å². The highest BCUT2D eigenvalue weighted by atomic mass is 16.4. The van der Waals surface area contributed by atoms with Crippen molar-refractivity contribution in [2.24, 2.45) is 0 Å². The average Bonchev–Trinajstić information content (AvgIpc) is 3.35. The number of hydrogen-bond donors (Lipinski definition) is 1. The molecule has 0 radical (unpaired) electrons. The highest BCUT2D eigenvalue weighted by Gasteiger charge is 2.34. The minimum absolute atomic E-state index is 0.0818. The van der Waals surface area contributed by atoms with Gasteiger partial charge in [0.15, 0.2) is 0 Å². The number of aliphatic carboxylic acids is 1. The molecule has 0 atom stereocenters. The maximum atomic E-state index is 12.6. The SMILES string of the molecule is Cc1nn(-c2ccccc2)c(C)c1CC(=O)N(CC(=O)O)C1CC1. The van der Waals surface area contributed by atoms with Crippen molar-refractivity contribution < 1.29 is 14.7 Å². The Morgan fingerprint density at radius 1 is 1.25 bits per heavy atom. The molecule has 6 heteroatoms. The van der Waals surface area contributed by atoms with E-state index in [4.69, 9.17) is 5.11 Å². The van der Waals surface area contributed by atoms with Crippen LogP contribution in [0.5, 0.6) is 0 Å². The van der Waals surface area contributed by atoms with Gasteiger partial charge in [0.25, 0.3) is 0 Å². The summed E-state index contributed by atoms with van der Waals surface area (Å²) in [6, 6.07) is 9.84. The third kappa shape index (κ3) is 3.32. The molecule has 1 aromatic heterocycles. The van der Waals surface area contributed by atoms with E-state index in [0.29, 0.717) is 0 Å². The van der Waals surface area contributed by atoms with E-state index in [1.165, 1.54) is 4.90 Å². The highest BCUT2D eigenvalue weighted by molar-refractivity contribution is 5.84. The molecule has 1 aromatic carbocycles. The van der Waals surface area contributed by atoms with Gasteiger partial charge < -0.3 is 10.0 Å². The number of aryl methyl sites for hydroxylation is 1. The number of benzene rings is 1. The van der Waals surface area contributed by atoms with Crippen molar-refractivity contribution in [2.45, 2.75) is 39.2 Å². The highest BCUT2D eigenvalue weighted by Crippen LogP contribution is 2.28. The fourth-order valence-electron chi connectivity index (χ4n) is 2.96. The van der Waals surface area contributed by atoms with Crippen molar-refractivity contribution >= 4 is 11.9 Å². The number of nitrogens with zero attached hydrogens (tertiary/aromatic N) is 3. The third-order valence-electron chi connectivity index (χ3n) is 4.38. The van der Waals surface area contributed by atoms with Gasteiger partial charge in [0, 0.05) is 17.3 Å². The Morgan fingerprint density at radius 3 is 2.50 bits per heavy atom. The number of hydrogen-bond acceptors (Lipinski definition) is 3. The van der Waals surface area contributed by atoms with Crippen molar-refractivity contribution in [3.63, 3.8) is 0 Å². The van der Waals surface area contributed by atoms with Crippen LogP contribution < -0.4 is 0 Å². The fourth-order valence-corrected chi connectivity index (χ4v) is 2.96. The first-order valence-corrected chi connectivity index (χ1v) is 8.09. The summed E-state index contributed by atoms with van der Waals surface area (Å²) in [5.74, 6) is -1.11. The van der Waals surface area contributed by atoms with Crippen molar-refractivity contribution in [3.8, 4) is 5.69 Å². The standard InChI is InChI=1S/C18H21N3O3/c1-12-16(10-17(22)20(11-18(23)24)14-8-9-14)13(2)21(19-12)15-6-4-3-5-7-15/h3-7,14H,8-11H2,1-2H3,(H,23,24). The Hall–Kier alpha value is -2.63. The van der Waals surface area contributed by atoms with Gasteiger partial charge in [0.05, 0.1) is 17.8 Å². The van der Waals surface area contributed by atoms with E-state index in [2.05, 4.69) is 5.10 Å². The lowest BCUT2D eigenvalue weighted by atomic mass is 10.1. The first-order valence-electron chi connectivity index (χ1n) is 8.09. The van der Waals surface area contributed by atoms with Gasteiger partial charge in [-0.2, -0.15) is 5.10 Å². The molecule has 1 aliphatic carbocycles. The van der Waals surface area contributed by atoms with Crippen LogP contribution in [0.1, 0.15) is 29.8 Å². The van der Waals surface area contributed by atoms with Gasteiger partial charge in [-0.25, -0.2) is 4.68 Å². The minimum Gasteiger partial charge on any atom is -0.480 e. The van der Waals surface area contributed by atoms with Gasteiger partial charge in [-0.1, -0.05) is 18.2 Å². The first-order chi connectivity index (χ1) is 11.5. The first kappa shape index (κ1) is 16.2. The largest absolute Gasteiger partial charge is 0.480 e. The summed E-state index contributed by atoms with van der Waals surface area (Å²) in [5.41, 5.74) is 3.54. The molecule has 0 saturated heterocycles. The van der Waals surface area contributed by atoms with Crippen LogP contribution in [0.15, 0.2) is 30.3 Å². The smallest absolute Gasteiger partial charge is 0.323 e. The predicted octanol–water partition coefficient (Wildman–Crippen LogP) is 2.11. The van der Waals surface area contributed by atoms with Crippen LogP contribution >= 0.6 is 0 Å². The summed E-state index contributed by atoms with van der Waals surface area (Å²) in [6.07, 6.45) is 1.97. The number of amides is 1. The fraction of sp³-hybridized carbons (Fsp3) is 0.389. The third-order valence-corrected chi connectivity index (χ3v) is 4.38. The molecule has 0 unspecified atom stereocenters. The second-order valence-corrected chi connectivity index (χ2v) is 6.22. The molecule has 0 bridgehead atoms. The number of aromatic nitrogens is 2. The molecule has 1 N–H and O–H groups in total. The van der Waals surface area contributed by atoms with E-state index in [0.717, 1.165) is 35.5 Å². The zero-order chi connectivity index (χ0) is 17.3. The Labute approximate surface area is 140 Å². The predicted molar refractivity (Wildman–Crippen MR) is 89.1 cm³/mol. The molecule has 126 valence electrons. The summed E-state index contributed by atoms with van der Waals surface area (Å²) in [5, 5.41) is 13.6. The number of carbonyl (C=O) groups is 2. The normalized spacial score (nSPS) is 13.8. The molecule has 1 fully saturated rings. The second-order valence-electron chi connectivity index (χ2n) is 6.22. The molecule has 1 saturated carbocycles. The molecular weight excluding hydrogens is 306 g/mol. The molecule has 2 aromatic rings. The Balaban J connectivity index is 1.83. The summed E-state index contributed by atoms with van der Waals surface area (Å²) >= 11 is 0. The van der Waals surface area contributed by atoms with Crippen LogP contribution in [-0.4, -0.2) is 44.3 Å². The molecule has 24 heavy (non-hydrogen) atoms. The zero-order valence-corrected chi connectivity index (χ0v) is 13.9. The maximum Gasteiger partial charge on any atom is 0.323 e. The van der Waals surface area contributed by atoms with Gasteiger partial charge in [-0.15, -0.1) is 0 Å². The van der Waals surface area contributed by atoms with E-state index >= 15 is 0 Å². The summed E-state index contributed by atoms with van der Waals surface area (Å²) in [4.78, 5) is 25.1. The molecule has 1 amide bonds. The van der Waals surface area contributed by atoms with Crippen LogP contribution in [0, 0.1) is 13.8 Å².